The molecule has 8 heteroatoms. The van der Waals surface area contributed by atoms with E-state index in [-0.39, 0.29) is 23.0 Å². The van der Waals surface area contributed by atoms with Crippen LogP contribution < -0.4 is 9.47 Å². The molecule has 1 unspecified atom stereocenters. The molecule has 1 aliphatic rings. The Kier molecular flexibility index (Phi) is 7.48. The van der Waals surface area contributed by atoms with Gasteiger partial charge in [0.25, 0.3) is 11.7 Å². The third-order valence-corrected chi connectivity index (χ3v) is 5.20. The van der Waals surface area contributed by atoms with Gasteiger partial charge in [-0.15, -0.1) is 0 Å². The third kappa shape index (κ3) is 4.75. The normalized spacial score (nSPS) is 17.8. The van der Waals surface area contributed by atoms with Crippen molar-refractivity contribution in [3.8, 4) is 11.5 Å². The number of aromatic nitrogens is 1. The van der Waals surface area contributed by atoms with E-state index >= 15 is 0 Å². The molecule has 170 valence electrons. The van der Waals surface area contributed by atoms with Gasteiger partial charge in [-0.2, -0.15) is 0 Å². The molecule has 3 rings (SSSR count). The number of methoxy groups -OCH3 is 2. The summed E-state index contributed by atoms with van der Waals surface area (Å²) in [6.45, 7) is 4.61. The predicted molar refractivity (Wildman–Crippen MR) is 118 cm³/mol. The first-order chi connectivity index (χ1) is 15.4. The van der Waals surface area contributed by atoms with Crippen LogP contribution in [0.1, 0.15) is 37.4 Å². The van der Waals surface area contributed by atoms with Crippen LogP contribution in [0.5, 0.6) is 11.5 Å². The van der Waals surface area contributed by atoms with Crippen LogP contribution in [0.2, 0.25) is 0 Å². The van der Waals surface area contributed by atoms with Gasteiger partial charge in [0, 0.05) is 25.5 Å². The molecule has 0 saturated carbocycles. The molecule has 0 radical (unpaired) electrons. The fourth-order valence-electron chi connectivity index (χ4n) is 3.69. The van der Waals surface area contributed by atoms with Gasteiger partial charge in [-0.3, -0.25) is 14.6 Å². The van der Waals surface area contributed by atoms with Gasteiger partial charge in [0.15, 0.2) is 0 Å². The fraction of sp³-hybridized carbons (Fsp3) is 0.375. The highest BCUT2D eigenvalue weighted by Gasteiger charge is 2.46. The third-order valence-electron chi connectivity index (χ3n) is 5.20. The van der Waals surface area contributed by atoms with Crippen molar-refractivity contribution >= 4 is 17.4 Å². The Morgan fingerprint density at radius 1 is 1.19 bits per heavy atom. The van der Waals surface area contributed by atoms with Crippen LogP contribution in [-0.4, -0.2) is 60.2 Å². The van der Waals surface area contributed by atoms with Gasteiger partial charge in [-0.05, 0) is 50.1 Å². The van der Waals surface area contributed by atoms with Gasteiger partial charge < -0.3 is 24.2 Å². The molecule has 1 saturated heterocycles. The van der Waals surface area contributed by atoms with Crippen molar-refractivity contribution in [1.82, 2.24) is 9.88 Å². The number of hydrogen-bond acceptors (Lipinski definition) is 7. The Balaban J connectivity index is 2.08. The van der Waals surface area contributed by atoms with Crippen molar-refractivity contribution in [2.75, 3.05) is 27.4 Å². The van der Waals surface area contributed by atoms with Crippen LogP contribution in [-0.2, 0) is 14.3 Å². The number of aliphatic hydroxyl groups is 1. The molecule has 1 fully saturated rings. The lowest BCUT2D eigenvalue weighted by Crippen LogP contribution is -2.31. The van der Waals surface area contributed by atoms with E-state index in [9.17, 15) is 14.7 Å². The number of ketones is 1. The summed E-state index contributed by atoms with van der Waals surface area (Å²) in [7, 11) is 2.96. The van der Waals surface area contributed by atoms with E-state index in [2.05, 4.69) is 4.98 Å². The molecule has 8 nitrogen and oxygen atoms in total. The van der Waals surface area contributed by atoms with E-state index in [0.29, 0.717) is 36.6 Å². The topological polar surface area (TPSA) is 98.2 Å². The fourth-order valence-corrected chi connectivity index (χ4v) is 3.69. The summed E-state index contributed by atoms with van der Waals surface area (Å²) in [6.07, 6.45) is 3.81. The lowest BCUT2D eigenvalue weighted by molar-refractivity contribution is -0.140. The van der Waals surface area contributed by atoms with E-state index in [0.717, 1.165) is 0 Å². The average molecular weight is 440 g/mol. The zero-order valence-corrected chi connectivity index (χ0v) is 18.7. The molecular weight excluding hydrogens is 412 g/mol. The minimum absolute atomic E-state index is 0.0145. The Hall–Kier alpha value is -3.39. The van der Waals surface area contributed by atoms with Crippen LogP contribution in [0.15, 0.2) is 48.3 Å². The highest BCUT2D eigenvalue weighted by molar-refractivity contribution is 6.46. The highest BCUT2D eigenvalue weighted by Crippen LogP contribution is 2.41. The number of rotatable bonds is 9. The monoisotopic (exact) mass is 440 g/mol. The molecule has 1 amide bonds. The van der Waals surface area contributed by atoms with Crippen molar-refractivity contribution in [2.24, 2.45) is 0 Å². The first kappa shape index (κ1) is 23.3. The Bertz CT molecular complexity index is 1000. The van der Waals surface area contributed by atoms with Crippen LogP contribution in [0.3, 0.4) is 0 Å². The number of carbonyl (C=O) groups excluding carboxylic acids is 2. The molecule has 2 heterocycles. The van der Waals surface area contributed by atoms with Crippen LogP contribution in [0.4, 0.5) is 0 Å². The smallest absolute Gasteiger partial charge is 0.295 e. The second kappa shape index (κ2) is 10.3. The molecule has 0 aliphatic carbocycles. The van der Waals surface area contributed by atoms with Crippen molar-refractivity contribution < 1.29 is 28.9 Å². The Morgan fingerprint density at radius 3 is 2.59 bits per heavy atom. The lowest BCUT2D eigenvalue weighted by Gasteiger charge is -2.25. The molecule has 1 aromatic heterocycles. The molecular formula is C24H28N2O6. The maximum Gasteiger partial charge on any atom is 0.295 e. The number of benzene rings is 1. The first-order valence-corrected chi connectivity index (χ1v) is 10.4. The quantitative estimate of drug-likeness (QED) is 0.276. The van der Waals surface area contributed by atoms with Gasteiger partial charge in [0.05, 0.1) is 37.5 Å². The lowest BCUT2D eigenvalue weighted by atomic mass is 9.96. The highest BCUT2D eigenvalue weighted by atomic mass is 16.5. The summed E-state index contributed by atoms with van der Waals surface area (Å²) in [4.78, 5) is 31.6. The van der Waals surface area contributed by atoms with Crippen LogP contribution in [0, 0.1) is 0 Å². The summed E-state index contributed by atoms with van der Waals surface area (Å²) < 4.78 is 16.2. The van der Waals surface area contributed by atoms with Gasteiger partial charge >= 0.3 is 0 Å². The number of carbonyl (C=O) groups is 2. The van der Waals surface area contributed by atoms with Gasteiger partial charge in [0.1, 0.15) is 17.3 Å². The zero-order chi connectivity index (χ0) is 23.3. The maximum absolute atomic E-state index is 13.1. The minimum atomic E-state index is -0.779. The summed E-state index contributed by atoms with van der Waals surface area (Å²) in [5.74, 6) is -0.929. The molecule has 0 spiro atoms. The predicted octanol–water partition coefficient (Wildman–Crippen LogP) is 3.34. The SMILES string of the molecule is COc1ccc(OC)c(/C(O)=C2\C(=O)C(=O)N(CCCOC(C)C)C2c2cccnc2)c1. The van der Waals surface area contributed by atoms with Crippen molar-refractivity contribution in [3.63, 3.8) is 0 Å². The van der Waals surface area contributed by atoms with Crippen molar-refractivity contribution in [2.45, 2.75) is 32.4 Å². The zero-order valence-electron chi connectivity index (χ0n) is 18.7. The van der Waals surface area contributed by atoms with Gasteiger partial charge in [-0.25, -0.2) is 0 Å². The van der Waals surface area contributed by atoms with E-state index < -0.39 is 17.7 Å². The number of likely N-dealkylation sites (tertiary alicyclic amines) is 1. The molecule has 0 bridgehead atoms. The second-order valence-electron chi connectivity index (χ2n) is 7.62. The summed E-state index contributed by atoms with van der Waals surface area (Å²) in [5.41, 5.74) is 0.876. The number of pyridine rings is 1. The van der Waals surface area contributed by atoms with E-state index in [1.807, 2.05) is 13.8 Å². The standard InChI is InChI=1S/C24H28N2O6/c1-15(2)32-12-6-11-26-21(16-7-5-10-25-14-16)20(23(28)24(26)29)22(27)18-13-17(30-3)8-9-19(18)31-4/h5,7-10,13-15,21,27H,6,11-12H2,1-4H3/b22-20+. The van der Waals surface area contributed by atoms with Crippen LogP contribution in [0.25, 0.3) is 5.76 Å². The average Bonchev–Trinajstić information content (AvgIpc) is 3.06. The Labute approximate surface area is 187 Å². The van der Waals surface area contributed by atoms with E-state index in [1.54, 1.807) is 42.7 Å². The maximum atomic E-state index is 13.1. The number of amides is 1. The summed E-state index contributed by atoms with van der Waals surface area (Å²) >= 11 is 0. The molecule has 1 aromatic carbocycles. The molecule has 32 heavy (non-hydrogen) atoms. The Morgan fingerprint density at radius 2 is 1.97 bits per heavy atom. The molecule has 1 atom stereocenters. The number of aliphatic hydroxyl groups excluding tert-OH is 1. The van der Waals surface area contributed by atoms with Crippen LogP contribution >= 0.6 is 0 Å². The van der Waals surface area contributed by atoms with Gasteiger partial charge in [-0.1, -0.05) is 6.07 Å². The van der Waals surface area contributed by atoms with E-state index in [4.69, 9.17) is 14.2 Å². The first-order valence-electron chi connectivity index (χ1n) is 10.4. The molecule has 1 N–H and O–H groups in total. The van der Waals surface area contributed by atoms with Crippen molar-refractivity contribution in [1.29, 1.82) is 0 Å². The molecule has 1 aliphatic heterocycles. The van der Waals surface area contributed by atoms with Crippen molar-refractivity contribution in [3.05, 3.63) is 59.4 Å². The number of ether oxygens (including phenoxy) is 3. The van der Waals surface area contributed by atoms with E-state index in [1.165, 1.54) is 19.1 Å². The number of nitrogens with zero attached hydrogens (tertiary/aromatic N) is 2. The molecule has 2 aromatic rings. The summed E-state index contributed by atoms with van der Waals surface area (Å²) in [6, 6.07) is 7.60. The van der Waals surface area contributed by atoms with Gasteiger partial charge in [0.2, 0.25) is 0 Å². The number of Topliss-reactive ketones (excluding diaryl/α,β-unsaturated/α-hetero) is 1. The largest absolute Gasteiger partial charge is 0.507 e. The summed E-state index contributed by atoms with van der Waals surface area (Å²) in [5, 5.41) is 11.2. The second-order valence-corrected chi connectivity index (χ2v) is 7.62. The number of hydrogen-bond donors (Lipinski definition) is 1. The minimum Gasteiger partial charge on any atom is -0.507 e.